The fourth-order valence-corrected chi connectivity index (χ4v) is 3.26. The number of ether oxygens (including phenoxy) is 1. The van der Waals surface area contributed by atoms with Gasteiger partial charge >= 0.3 is 5.97 Å². The van der Waals surface area contributed by atoms with Gasteiger partial charge in [-0.1, -0.05) is 32.6 Å². The van der Waals surface area contributed by atoms with E-state index in [0.29, 0.717) is 41.3 Å². The van der Waals surface area contributed by atoms with Gasteiger partial charge in [-0.25, -0.2) is 9.18 Å². The van der Waals surface area contributed by atoms with E-state index in [4.69, 9.17) is 9.84 Å². The largest absolute Gasteiger partial charge is 0.492 e. The van der Waals surface area contributed by atoms with Crippen LogP contribution in [0.4, 0.5) is 15.8 Å². The molecular weight excluding hydrogens is 359 g/mol. The van der Waals surface area contributed by atoms with E-state index in [2.05, 4.69) is 23.6 Å². The Labute approximate surface area is 163 Å². The fourth-order valence-electron chi connectivity index (χ4n) is 3.26. The Morgan fingerprint density at radius 2 is 2.11 bits per heavy atom. The third kappa shape index (κ3) is 3.63. The minimum atomic E-state index is -1.08. The van der Waals surface area contributed by atoms with Gasteiger partial charge in [-0.05, 0) is 30.3 Å². The Hall–Kier alpha value is -3.15. The molecule has 0 saturated carbocycles. The van der Waals surface area contributed by atoms with E-state index in [1.807, 2.05) is 19.9 Å². The molecule has 6 heteroatoms. The zero-order valence-electron chi connectivity index (χ0n) is 16.0. The Morgan fingerprint density at radius 1 is 1.36 bits per heavy atom. The number of carbonyl (C=O) groups is 1. The number of halogens is 1. The molecule has 5 nitrogen and oxygen atoms in total. The van der Waals surface area contributed by atoms with Crippen LogP contribution in [0.5, 0.6) is 5.75 Å². The molecule has 0 spiro atoms. The maximum Gasteiger partial charge on any atom is 0.332 e. The summed E-state index contributed by atoms with van der Waals surface area (Å²) >= 11 is 0. The van der Waals surface area contributed by atoms with Crippen LogP contribution in [0.25, 0.3) is 11.1 Å². The second-order valence-electron chi connectivity index (χ2n) is 7.04. The summed E-state index contributed by atoms with van der Waals surface area (Å²) in [6.45, 7) is 11.7. The van der Waals surface area contributed by atoms with Gasteiger partial charge in [0.15, 0.2) is 0 Å². The van der Waals surface area contributed by atoms with Gasteiger partial charge in [0.1, 0.15) is 11.6 Å². The van der Waals surface area contributed by atoms with Gasteiger partial charge in [0.2, 0.25) is 0 Å². The van der Waals surface area contributed by atoms with Crippen molar-refractivity contribution in [3.05, 3.63) is 53.4 Å². The van der Waals surface area contributed by atoms with Gasteiger partial charge in [0.25, 0.3) is 0 Å². The Morgan fingerprint density at radius 3 is 2.71 bits per heavy atom. The van der Waals surface area contributed by atoms with Crippen molar-refractivity contribution in [2.75, 3.05) is 18.5 Å². The Kier molecular flexibility index (Phi) is 5.49. The molecule has 2 aromatic rings. The third-order valence-electron chi connectivity index (χ3n) is 4.85. The minimum absolute atomic E-state index is 0.0146. The van der Waals surface area contributed by atoms with Gasteiger partial charge < -0.3 is 15.2 Å². The topological polar surface area (TPSA) is 70.9 Å². The summed E-state index contributed by atoms with van der Waals surface area (Å²) in [5.41, 5.74) is 3.97. The van der Waals surface area contributed by atoms with Crippen molar-refractivity contribution in [1.82, 2.24) is 0 Å². The first-order valence-corrected chi connectivity index (χ1v) is 9.07. The van der Waals surface area contributed by atoms with Crippen LogP contribution >= 0.6 is 0 Å². The summed E-state index contributed by atoms with van der Waals surface area (Å²) < 4.78 is 20.7. The molecule has 28 heavy (non-hydrogen) atoms. The molecule has 0 aliphatic carbocycles. The first kappa shape index (κ1) is 19.6. The van der Waals surface area contributed by atoms with Crippen molar-refractivity contribution in [3.8, 4) is 16.9 Å². The molecule has 0 saturated heterocycles. The van der Waals surface area contributed by atoms with Crippen LogP contribution in [-0.4, -0.2) is 30.9 Å². The SMILES string of the molecule is C=Nc1c(NCC(=C)C(=O)O)cc(-c2ccc(C(C)C)cc2F)c2c1CCO2. The molecule has 1 heterocycles. The van der Waals surface area contributed by atoms with Crippen molar-refractivity contribution in [2.45, 2.75) is 26.2 Å². The van der Waals surface area contributed by atoms with Crippen LogP contribution in [0.2, 0.25) is 0 Å². The van der Waals surface area contributed by atoms with E-state index in [1.54, 1.807) is 18.2 Å². The van der Waals surface area contributed by atoms with Crippen LogP contribution in [-0.2, 0) is 11.2 Å². The van der Waals surface area contributed by atoms with Crippen molar-refractivity contribution in [3.63, 3.8) is 0 Å². The molecule has 1 aliphatic heterocycles. The first-order chi connectivity index (χ1) is 13.3. The standard InChI is InChI=1S/C22H23FN2O3/c1-12(2)14-5-6-15(18(23)9-14)17-10-19(25-11-13(3)22(26)27)20(24-4)16-7-8-28-21(16)17/h5-6,9-10,12,25H,3-4,7-8,11H2,1-2H3,(H,26,27). The summed E-state index contributed by atoms with van der Waals surface area (Å²) in [5, 5.41) is 12.1. The molecule has 0 bridgehead atoms. The van der Waals surface area contributed by atoms with E-state index in [0.717, 1.165) is 11.1 Å². The highest BCUT2D eigenvalue weighted by molar-refractivity contribution is 5.89. The molecule has 0 unspecified atom stereocenters. The van der Waals surface area contributed by atoms with Crippen LogP contribution < -0.4 is 10.1 Å². The molecule has 2 aromatic carbocycles. The summed E-state index contributed by atoms with van der Waals surface area (Å²) in [7, 11) is 0. The molecule has 146 valence electrons. The smallest absolute Gasteiger partial charge is 0.332 e. The second kappa shape index (κ2) is 7.84. The zero-order valence-corrected chi connectivity index (χ0v) is 16.0. The normalized spacial score (nSPS) is 12.4. The summed E-state index contributed by atoms with van der Waals surface area (Å²) in [5.74, 6) is -0.594. The lowest BCUT2D eigenvalue weighted by molar-refractivity contribution is -0.132. The summed E-state index contributed by atoms with van der Waals surface area (Å²) in [6.07, 6.45) is 0.623. The lowest BCUT2D eigenvalue weighted by Gasteiger charge is -2.17. The Balaban J connectivity index is 2.10. The molecule has 2 N–H and O–H groups in total. The number of nitrogens with zero attached hydrogens (tertiary/aromatic N) is 1. The van der Waals surface area contributed by atoms with E-state index < -0.39 is 5.97 Å². The highest BCUT2D eigenvalue weighted by Crippen LogP contribution is 2.47. The fraction of sp³-hybridized carbons (Fsp3) is 0.273. The average Bonchev–Trinajstić information content (AvgIpc) is 3.14. The highest BCUT2D eigenvalue weighted by Gasteiger charge is 2.25. The van der Waals surface area contributed by atoms with Crippen molar-refractivity contribution >= 4 is 24.1 Å². The predicted molar refractivity (Wildman–Crippen MR) is 110 cm³/mol. The average molecular weight is 382 g/mol. The number of fused-ring (bicyclic) bond motifs is 1. The van der Waals surface area contributed by atoms with E-state index in [1.165, 1.54) is 0 Å². The number of aliphatic carboxylic acids is 1. The van der Waals surface area contributed by atoms with E-state index >= 15 is 0 Å². The van der Waals surface area contributed by atoms with Crippen LogP contribution in [0.1, 0.15) is 30.9 Å². The number of hydrogen-bond acceptors (Lipinski definition) is 4. The third-order valence-corrected chi connectivity index (χ3v) is 4.85. The van der Waals surface area contributed by atoms with Gasteiger partial charge in [0.05, 0.1) is 18.0 Å². The number of anilines is 1. The summed E-state index contributed by atoms with van der Waals surface area (Å²) in [4.78, 5) is 15.1. The predicted octanol–water partition coefficient (Wildman–Crippen LogP) is 4.94. The van der Waals surface area contributed by atoms with Gasteiger partial charge in [-0.3, -0.25) is 4.99 Å². The van der Waals surface area contributed by atoms with Crippen molar-refractivity contribution in [1.29, 1.82) is 0 Å². The molecule has 0 aromatic heterocycles. The number of rotatable bonds is 7. The van der Waals surface area contributed by atoms with E-state index in [9.17, 15) is 9.18 Å². The van der Waals surface area contributed by atoms with Gasteiger partial charge in [-0.2, -0.15) is 0 Å². The van der Waals surface area contributed by atoms with Gasteiger partial charge in [-0.15, -0.1) is 0 Å². The maximum atomic E-state index is 14.9. The molecule has 0 atom stereocenters. The Bertz CT molecular complexity index is 967. The van der Waals surface area contributed by atoms with Crippen LogP contribution in [0.15, 0.2) is 41.4 Å². The molecular formula is C22H23FN2O3. The first-order valence-electron chi connectivity index (χ1n) is 9.07. The number of nitrogens with one attached hydrogen (secondary N) is 1. The molecule has 1 aliphatic rings. The minimum Gasteiger partial charge on any atom is -0.492 e. The zero-order chi connectivity index (χ0) is 20.4. The lowest BCUT2D eigenvalue weighted by atomic mass is 9.95. The number of hydrogen-bond donors (Lipinski definition) is 2. The lowest BCUT2D eigenvalue weighted by Crippen LogP contribution is -2.11. The molecule has 0 amide bonds. The monoisotopic (exact) mass is 382 g/mol. The number of carboxylic acids is 1. The molecule has 3 rings (SSSR count). The maximum absolute atomic E-state index is 14.9. The number of carboxylic acid groups (broad SMARTS) is 1. The van der Waals surface area contributed by atoms with Crippen molar-refractivity contribution in [2.24, 2.45) is 4.99 Å². The quantitative estimate of drug-likeness (QED) is 0.526. The van der Waals surface area contributed by atoms with Crippen LogP contribution in [0, 0.1) is 5.82 Å². The van der Waals surface area contributed by atoms with Gasteiger partial charge in [0, 0.05) is 35.2 Å². The van der Waals surface area contributed by atoms with Crippen LogP contribution in [0.3, 0.4) is 0 Å². The summed E-state index contributed by atoms with van der Waals surface area (Å²) in [6, 6.07) is 6.93. The molecule has 0 radical (unpaired) electrons. The highest BCUT2D eigenvalue weighted by atomic mass is 19.1. The van der Waals surface area contributed by atoms with E-state index in [-0.39, 0.29) is 23.9 Å². The second-order valence-corrected chi connectivity index (χ2v) is 7.04. The number of benzene rings is 2. The van der Waals surface area contributed by atoms with Crippen molar-refractivity contribution < 1.29 is 19.0 Å². The molecule has 0 fully saturated rings. The number of aliphatic imine (C=N–C) groups is 1.